The van der Waals surface area contributed by atoms with Crippen molar-refractivity contribution in [2.45, 2.75) is 65.2 Å². The Morgan fingerprint density at radius 3 is 2.21 bits per heavy atom. The lowest BCUT2D eigenvalue weighted by atomic mass is 10.1. The van der Waals surface area contributed by atoms with E-state index in [4.69, 9.17) is 0 Å². The fourth-order valence-electron chi connectivity index (χ4n) is 1.39. The number of ketones is 1. The quantitative estimate of drug-likeness (QED) is 0.397. The van der Waals surface area contributed by atoms with Crippen LogP contribution in [-0.4, -0.2) is 5.78 Å². The van der Waals surface area contributed by atoms with Crippen LogP contribution in [0.3, 0.4) is 0 Å². The van der Waals surface area contributed by atoms with Gasteiger partial charge in [0.2, 0.25) is 0 Å². The smallest absolute Gasteiger partial charge is 0.129 e. The minimum atomic E-state index is 0.307. The van der Waals surface area contributed by atoms with Crippen LogP contribution in [0.15, 0.2) is 12.2 Å². The molecule has 0 aliphatic rings. The molecule has 0 saturated heterocycles. The van der Waals surface area contributed by atoms with Gasteiger partial charge in [0.1, 0.15) is 5.78 Å². The van der Waals surface area contributed by atoms with Gasteiger partial charge in [-0.15, -0.1) is 0 Å². The van der Waals surface area contributed by atoms with E-state index in [1.165, 1.54) is 32.1 Å². The van der Waals surface area contributed by atoms with Gasteiger partial charge in [0, 0.05) is 6.42 Å². The Hall–Kier alpha value is -0.590. The van der Waals surface area contributed by atoms with Gasteiger partial charge in [-0.3, -0.25) is 0 Å². The first-order valence-corrected chi connectivity index (χ1v) is 5.91. The van der Waals surface area contributed by atoms with Crippen LogP contribution in [0.25, 0.3) is 0 Å². The monoisotopic (exact) mass is 196 g/mol. The first-order valence-electron chi connectivity index (χ1n) is 5.91. The third kappa shape index (κ3) is 11.4. The fraction of sp³-hybridized carbons (Fsp3) is 0.769. The van der Waals surface area contributed by atoms with Gasteiger partial charge in [-0.05, 0) is 32.6 Å². The SMILES string of the molecule is CCCCCC/C=C\CCCC(C)=O. The van der Waals surface area contributed by atoms with E-state index in [-0.39, 0.29) is 0 Å². The minimum Gasteiger partial charge on any atom is -0.300 e. The maximum Gasteiger partial charge on any atom is 0.129 e. The van der Waals surface area contributed by atoms with Crippen molar-refractivity contribution in [1.29, 1.82) is 0 Å². The molecule has 0 fully saturated rings. The van der Waals surface area contributed by atoms with Gasteiger partial charge in [-0.1, -0.05) is 38.3 Å². The number of Topliss-reactive ketones (excluding diaryl/α,β-unsaturated/α-hetero) is 1. The van der Waals surface area contributed by atoms with Crippen LogP contribution in [0.4, 0.5) is 0 Å². The summed E-state index contributed by atoms with van der Waals surface area (Å²) in [4.78, 5) is 10.6. The van der Waals surface area contributed by atoms with Crippen LogP contribution in [-0.2, 0) is 4.79 Å². The zero-order valence-corrected chi connectivity index (χ0v) is 9.72. The molecule has 0 heterocycles. The summed E-state index contributed by atoms with van der Waals surface area (Å²) >= 11 is 0. The highest BCUT2D eigenvalue weighted by molar-refractivity contribution is 5.75. The molecule has 0 aliphatic carbocycles. The summed E-state index contributed by atoms with van der Waals surface area (Å²) in [6.45, 7) is 3.89. The van der Waals surface area contributed by atoms with Gasteiger partial charge in [-0.25, -0.2) is 0 Å². The predicted molar refractivity (Wildman–Crippen MR) is 62.4 cm³/mol. The minimum absolute atomic E-state index is 0.307. The van der Waals surface area contributed by atoms with Crippen LogP contribution >= 0.6 is 0 Å². The lowest BCUT2D eigenvalue weighted by Gasteiger charge is -1.94. The van der Waals surface area contributed by atoms with E-state index in [2.05, 4.69) is 19.1 Å². The summed E-state index contributed by atoms with van der Waals surface area (Å²) in [5.74, 6) is 0.307. The van der Waals surface area contributed by atoms with E-state index < -0.39 is 0 Å². The van der Waals surface area contributed by atoms with Crippen LogP contribution in [0.1, 0.15) is 65.2 Å². The molecule has 82 valence electrons. The molecule has 0 amide bonds. The summed E-state index contributed by atoms with van der Waals surface area (Å²) < 4.78 is 0. The molecule has 0 saturated carbocycles. The van der Waals surface area contributed by atoms with Gasteiger partial charge < -0.3 is 4.79 Å². The molecular formula is C13H24O. The average molecular weight is 196 g/mol. The topological polar surface area (TPSA) is 17.1 Å². The van der Waals surface area contributed by atoms with E-state index in [9.17, 15) is 4.79 Å². The van der Waals surface area contributed by atoms with Crippen molar-refractivity contribution < 1.29 is 4.79 Å². The molecule has 1 heteroatoms. The van der Waals surface area contributed by atoms with Crippen molar-refractivity contribution in [3.05, 3.63) is 12.2 Å². The summed E-state index contributed by atoms with van der Waals surface area (Å²) in [5, 5.41) is 0. The van der Waals surface area contributed by atoms with Crippen LogP contribution < -0.4 is 0 Å². The predicted octanol–water partition coefficient (Wildman–Crippen LogP) is 4.27. The number of rotatable bonds is 9. The van der Waals surface area contributed by atoms with Gasteiger partial charge in [0.15, 0.2) is 0 Å². The highest BCUT2D eigenvalue weighted by atomic mass is 16.1. The van der Waals surface area contributed by atoms with Crippen molar-refractivity contribution in [2.24, 2.45) is 0 Å². The Kier molecular flexibility index (Phi) is 10.0. The van der Waals surface area contributed by atoms with Crippen LogP contribution in [0.2, 0.25) is 0 Å². The molecular weight excluding hydrogens is 172 g/mol. The first kappa shape index (κ1) is 13.4. The highest BCUT2D eigenvalue weighted by Crippen LogP contribution is 2.04. The number of hydrogen-bond donors (Lipinski definition) is 0. The van der Waals surface area contributed by atoms with Crippen molar-refractivity contribution >= 4 is 5.78 Å². The molecule has 0 rings (SSSR count). The number of carbonyl (C=O) groups is 1. The van der Waals surface area contributed by atoms with E-state index >= 15 is 0 Å². The number of allylic oxidation sites excluding steroid dienone is 2. The Labute approximate surface area is 88.6 Å². The van der Waals surface area contributed by atoms with Crippen molar-refractivity contribution in [1.82, 2.24) is 0 Å². The lowest BCUT2D eigenvalue weighted by Crippen LogP contribution is -1.87. The highest BCUT2D eigenvalue weighted by Gasteiger charge is 1.90. The average Bonchev–Trinajstić information content (AvgIpc) is 2.15. The summed E-state index contributed by atoms with van der Waals surface area (Å²) in [5.41, 5.74) is 0. The van der Waals surface area contributed by atoms with E-state index in [0.717, 1.165) is 19.3 Å². The standard InChI is InChI=1S/C13H24O/c1-3-4-5-6-7-8-9-10-11-12-13(2)14/h8-9H,3-7,10-12H2,1-2H3/b9-8-. The zero-order valence-electron chi connectivity index (χ0n) is 9.72. The normalized spacial score (nSPS) is 11.0. The van der Waals surface area contributed by atoms with E-state index in [0.29, 0.717) is 5.78 Å². The molecule has 0 N–H and O–H groups in total. The molecule has 1 nitrogen and oxygen atoms in total. The molecule has 14 heavy (non-hydrogen) atoms. The molecule has 0 bridgehead atoms. The molecule has 0 aliphatic heterocycles. The van der Waals surface area contributed by atoms with Gasteiger partial charge >= 0.3 is 0 Å². The Morgan fingerprint density at radius 2 is 1.64 bits per heavy atom. The molecule has 0 unspecified atom stereocenters. The van der Waals surface area contributed by atoms with Crippen molar-refractivity contribution in [3.63, 3.8) is 0 Å². The largest absolute Gasteiger partial charge is 0.300 e. The van der Waals surface area contributed by atoms with E-state index in [1.807, 2.05) is 0 Å². The summed E-state index contributed by atoms with van der Waals surface area (Å²) in [6, 6.07) is 0. The van der Waals surface area contributed by atoms with Gasteiger partial charge in [0.05, 0.1) is 0 Å². The molecule has 0 radical (unpaired) electrons. The maximum absolute atomic E-state index is 10.6. The van der Waals surface area contributed by atoms with Crippen LogP contribution in [0.5, 0.6) is 0 Å². The molecule has 0 aromatic rings. The van der Waals surface area contributed by atoms with E-state index in [1.54, 1.807) is 6.92 Å². The van der Waals surface area contributed by atoms with Crippen molar-refractivity contribution in [3.8, 4) is 0 Å². The maximum atomic E-state index is 10.6. The Balaban J connectivity index is 3.07. The van der Waals surface area contributed by atoms with Gasteiger partial charge in [0.25, 0.3) is 0 Å². The number of unbranched alkanes of at least 4 members (excludes halogenated alkanes) is 5. The second kappa shape index (κ2) is 10.5. The zero-order chi connectivity index (χ0) is 10.6. The van der Waals surface area contributed by atoms with Gasteiger partial charge in [-0.2, -0.15) is 0 Å². The number of carbonyl (C=O) groups excluding carboxylic acids is 1. The third-order valence-corrected chi connectivity index (χ3v) is 2.29. The second-order valence-electron chi connectivity index (χ2n) is 3.91. The molecule has 0 aromatic carbocycles. The fourth-order valence-corrected chi connectivity index (χ4v) is 1.39. The summed E-state index contributed by atoms with van der Waals surface area (Å²) in [6.07, 6.45) is 13.8. The Bertz CT molecular complexity index is 159. The second-order valence-corrected chi connectivity index (χ2v) is 3.91. The number of hydrogen-bond acceptors (Lipinski definition) is 1. The first-order chi connectivity index (χ1) is 6.77. The molecule has 0 aromatic heterocycles. The Morgan fingerprint density at radius 1 is 1.00 bits per heavy atom. The third-order valence-electron chi connectivity index (χ3n) is 2.29. The molecule has 0 spiro atoms. The molecule has 0 atom stereocenters. The summed E-state index contributed by atoms with van der Waals surface area (Å²) in [7, 11) is 0. The van der Waals surface area contributed by atoms with Crippen molar-refractivity contribution in [2.75, 3.05) is 0 Å². The van der Waals surface area contributed by atoms with Crippen LogP contribution in [0, 0.1) is 0 Å². The lowest BCUT2D eigenvalue weighted by molar-refractivity contribution is -0.117.